The minimum Gasteiger partial charge on any atom is -0.493 e. The van der Waals surface area contributed by atoms with Crippen molar-refractivity contribution >= 4 is 45.6 Å². The second-order valence-corrected chi connectivity index (χ2v) is 10.6. The molecular formula is C29H28ClN5O6S. The van der Waals surface area contributed by atoms with Gasteiger partial charge in [0.1, 0.15) is 5.01 Å². The van der Waals surface area contributed by atoms with Gasteiger partial charge in [0.15, 0.2) is 11.5 Å². The molecule has 0 radical (unpaired) electrons. The van der Waals surface area contributed by atoms with Gasteiger partial charge >= 0.3 is 0 Å². The molecule has 0 spiro atoms. The number of rotatable bonds is 12. The van der Waals surface area contributed by atoms with Gasteiger partial charge in [0, 0.05) is 47.3 Å². The molecule has 3 aromatic carbocycles. The minimum absolute atomic E-state index is 0.0263. The first kappa shape index (κ1) is 30.4. The summed E-state index contributed by atoms with van der Waals surface area (Å²) in [5.41, 5.74) is 2.16. The number of carbonyl (C=O) groups is 2. The molecule has 1 heterocycles. The van der Waals surface area contributed by atoms with Gasteiger partial charge in [-0.3, -0.25) is 19.7 Å². The zero-order valence-corrected chi connectivity index (χ0v) is 24.7. The Labute approximate surface area is 251 Å². The lowest BCUT2D eigenvalue weighted by Gasteiger charge is -2.23. The summed E-state index contributed by atoms with van der Waals surface area (Å²) in [7, 11) is 3.08. The van der Waals surface area contributed by atoms with Crippen molar-refractivity contribution in [3.63, 3.8) is 0 Å². The summed E-state index contributed by atoms with van der Waals surface area (Å²) in [6.45, 7) is 1.93. The van der Waals surface area contributed by atoms with Crippen LogP contribution in [0.1, 0.15) is 27.9 Å². The number of aromatic nitrogens is 2. The largest absolute Gasteiger partial charge is 0.493 e. The van der Waals surface area contributed by atoms with Crippen LogP contribution in [0.15, 0.2) is 60.7 Å². The zero-order chi connectivity index (χ0) is 30.2. The molecule has 4 rings (SSSR count). The van der Waals surface area contributed by atoms with E-state index in [1.807, 2.05) is 24.3 Å². The van der Waals surface area contributed by atoms with Gasteiger partial charge in [0.2, 0.25) is 11.0 Å². The van der Waals surface area contributed by atoms with Crippen LogP contribution < -0.4 is 14.8 Å². The lowest BCUT2D eigenvalue weighted by Crippen LogP contribution is -2.35. The number of nitrogens with zero attached hydrogens (tertiary/aromatic N) is 4. The maximum absolute atomic E-state index is 13.5. The monoisotopic (exact) mass is 609 g/mol. The molecule has 0 atom stereocenters. The van der Waals surface area contributed by atoms with Crippen molar-refractivity contribution in [2.24, 2.45) is 0 Å². The standard InChI is InChI=1S/C29H28ClN5O6S/c1-18-4-6-21(17-23(18)35(38)39)28(37)34(14-12-19-5-11-24(40-2)25(16-19)41-3)15-13-26(36)31-29-33-32-27(42-29)20-7-9-22(30)10-8-20/h4-11,16-17H,12-15H2,1-3H3,(H,31,33,36). The van der Waals surface area contributed by atoms with Gasteiger partial charge in [-0.1, -0.05) is 47.2 Å². The number of benzene rings is 3. The molecule has 4 aromatic rings. The summed E-state index contributed by atoms with van der Waals surface area (Å²) in [6, 6.07) is 16.9. The molecule has 0 aliphatic rings. The Kier molecular flexibility index (Phi) is 10.0. The molecule has 1 aromatic heterocycles. The maximum atomic E-state index is 13.5. The van der Waals surface area contributed by atoms with Crippen LogP contribution in [-0.4, -0.2) is 59.1 Å². The molecule has 2 amide bonds. The minimum atomic E-state index is -0.520. The third kappa shape index (κ3) is 7.59. The SMILES string of the molecule is COc1ccc(CCN(CCC(=O)Nc2nnc(-c3ccc(Cl)cc3)s2)C(=O)c2ccc(C)c([N+](=O)[O-])c2)cc1OC. The van der Waals surface area contributed by atoms with E-state index in [0.717, 1.165) is 11.1 Å². The predicted molar refractivity (Wildman–Crippen MR) is 161 cm³/mol. The van der Waals surface area contributed by atoms with E-state index in [1.165, 1.54) is 29.4 Å². The first-order valence-electron chi connectivity index (χ1n) is 12.8. The van der Waals surface area contributed by atoms with E-state index in [-0.39, 0.29) is 36.7 Å². The van der Waals surface area contributed by atoms with E-state index in [0.29, 0.717) is 38.6 Å². The van der Waals surface area contributed by atoms with Crippen LogP contribution in [0.25, 0.3) is 10.6 Å². The number of anilines is 1. The van der Waals surface area contributed by atoms with E-state index in [4.69, 9.17) is 21.1 Å². The Balaban J connectivity index is 1.48. The van der Waals surface area contributed by atoms with Crippen LogP contribution in [0.2, 0.25) is 5.02 Å². The van der Waals surface area contributed by atoms with E-state index in [2.05, 4.69) is 15.5 Å². The molecule has 42 heavy (non-hydrogen) atoms. The summed E-state index contributed by atoms with van der Waals surface area (Å²) < 4.78 is 10.7. The van der Waals surface area contributed by atoms with Crippen molar-refractivity contribution < 1.29 is 24.0 Å². The number of nitrogens with one attached hydrogen (secondary N) is 1. The molecule has 0 aliphatic carbocycles. The predicted octanol–water partition coefficient (Wildman–Crippen LogP) is 5.81. The van der Waals surface area contributed by atoms with Crippen LogP contribution in [0.3, 0.4) is 0 Å². The zero-order valence-electron chi connectivity index (χ0n) is 23.1. The molecule has 1 N–H and O–H groups in total. The topological polar surface area (TPSA) is 137 Å². The van der Waals surface area contributed by atoms with Crippen LogP contribution in [-0.2, 0) is 11.2 Å². The highest BCUT2D eigenvalue weighted by molar-refractivity contribution is 7.18. The molecule has 0 bridgehead atoms. The molecule has 0 saturated carbocycles. The number of hydrogen-bond donors (Lipinski definition) is 1. The average molecular weight is 610 g/mol. The number of hydrogen-bond acceptors (Lipinski definition) is 9. The second kappa shape index (κ2) is 13.9. The number of nitro groups is 1. The number of nitro benzene ring substituents is 1. The number of amides is 2. The first-order chi connectivity index (χ1) is 20.2. The van der Waals surface area contributed by atoms with Gasteiger partial charge in [0.05, 0.1) is 19.1 Å². The van der Waals surface area contributed by atoms with E-state index < -0.39 is 10.8 Å². The number of aryl methyl sites for hydroxylation is 1. The summed E-state index contributed by atoms with van der Waals surface area (Å²) in [5.74, 6) is 0.352. The van der Waals surface area contributed by atoms with Gasteiger partial charge < -0.3 is 19.7 Å². The molecule has 13 heteroatoms. The highest BCUT2D eigenvalue weighted by Crippen LogP contribution is 2.29. The highest BCUT2D eigenvalue weighted by atomic mass is 35.5. The fourth-order valence-corrected chi connectivity index (χ4v) is 5.03. The number of halogens is 1. The fraction of sp³-hybridized carbons (Fsp3) is 0.241. The average Bonchev–Trinajstić information content (AvgIpc) is 3.45. The Hall–Kier alpha value is -4.55. The van der Waals surface area contributed by atoms with Crippen molar-refractivity contribution in [3.05, 3.63) is 92.5 Å². The lowest BCUT2D eigenvalue weighted by molar-refractivity contribution is -0.385. The molecule has 0 fully saturated rings. The highest BCUT2D eigenvalue weighted by Gasteiger charge is 2.21. The third-order valence-corrected chi connectivity index (χ3v) is 7.57. The molecule has 0 unspecified atom stereocenters. The van der Waals surface area contributed by atoms with Gasteiger partial charge in [0.25, 0.3) is 11.6 Å². The van der Waals surface area contributed by atoms with Gasteiger partial charge in [-0.2, -0.15) is 0 Å². The summed E-state index contributed by atoms with van der Waals surface area (Å²) >= 11 is 7.16. The van der Waals surface area contributed by atoms with Crippen molar-refractivity contribution in [1.29, 1.82) is 0 Å². The van der Waals surface area contributed by atoms with E-state index >= 15 is 0 Å². The molecular weight excluding hydrogens is 582 g/mol. The van der Waals surface area contributed by atoms with Crippen LogP contribution in [0.4, 0.5) is 10.8 Å². The normalized spacial score (nSPS) is 10.7. The smallest absolute Gasteiger partial charge is 0.273 e. The summed E-state index contributed by atoms with van der Waals surface area (Å²) in [5, 5.41) is 23.9. The first-order valence-corrected chi connectivity index (χ1v) is 14.0. The van der Waals surface area contributed by atoms with Gasteiger partial charge in [-0.25, -0.2) is 0 Å². The van der Waals surface area contributed by atoms with Crippen LogP contribution in [0, 0.1) is 17.0 Å². The Bertz CT molecular complexity index is 1590. The maximum Gasteiger partial charge on any atom is 0.273 e. The van der Waals surface area contributed by atoms with Gasteiger partial charge in [-0.05, 0) is 49.2 Å². The molecule has 11 nitrogen and oxygen atoms in total. The Morgan fingerprint density at radius 1 is 1.00 bits per heavy atom. The summed E-state index contributed by atoms with van der Waals surface area (Å²) in [4.78, 5) is 38.8. The molecule has 0 aliphatic heterocycles. The third-order valence-electron chi connectivity index (χ3n) is 6.43. The van der Waals surface area contributed by atoms with E-state index in [9.17, 15) is 19.7 Å². The molecule has 218 valence electrons. The van der Waals surface area contributed by atoms with Crippen LogP contribution >= 0.6 is 22.9 Å². The molecule has 0 saturated heterocycles. The lowest BCUT2D eigenvalue weighted by atomic mass is 10.1. The number of carbonyl (C=O) groups excluding carboxylic acids is 2. The fourth-order valence-electron chi connectivity index (χ4n) is 4.14. The van der Waals surface area contributed by atoms with Crippen LogP contribution in [0.5, 0.6) is 11.5 Å². The Morgan fingerprint density at radius 2 is 1.74 bits per heavy atom. The second-order valence-electron chi connectivity index (χ2n) is 9.21. The Morgan fingerprint density at radius 3 is 2.43 bits per heavy atom. The summed E-state index contributed by atoms with van der Waals surface area (Å²) in [6.07, 6.45) is 0.421. The van der Waals surface area contributed by atoms with Crippen molar-refractivity contribution in [2.75, 3.05) is 32.6 Å². The number of ether oxygens (including phenoxy) is 2. The van der Waals surface area contributed by atoms with Crippen molar-refractivity contribution in [3.8, 4) is 22.1 Å². The van der Waals surface area contributed by atoms with Gasteiger partial charge in [-0.15, -0.1) is 10.2 Å². The van der Waals surface area contributed by atoms with E-state index in [1.54, 1.807) is 44.4 Å². The van der Waals surface area contributed by atoms with Crippen molar-refractivity contribution in [2.45, 2.75) is 19.8 Å². The quantitative estimate of drug-likeness (QED) is 0.157. The number of methoxy groups -OCH3 is 2. The van der Waals surface area contributed by atoms with Crippen molar-refractivity contribution in [1.82, 2.24) is 15.1 Å².